The maximum absolute atomic E-state index is 11.1. The van der Waals surface area contributed by atoms with Crippen molar-refractivity contribution in [1.29, 1.82) is 0 Å². The van der Waals surface area contributed by atoms with E-state index in [-0.39, 0.29) is 5.91 Å². The number of rotatable bonds is 1. The van der Waals surface area contributed by atoms with Gasteiger partial charge < -0.3 is 5.32 Å². The number of fused-ring (bicyclic) bond motifs is 1. The van der Waals surface area contributed by atoms with Gasteiger partial charge in [0.15, 0.2) is 0 Å². The number of hydrogen-bond acceptors (Lipinski definition) is 1. The van der Waals surface area contributed by atoms with Crippen LogP contribution >= 0.6 is 0 Å². The molecule has 0 bridgehead atoms. The van der Waals surface area contributed by atoms with Gasteiger partial charge in [0.1, 0.15) is 0 Å². The zero-order chi connectivity index (χ0) is 9.26. The van der Waals surface area contributed by atoms with Crippen LogP contribution in [0.5, 0.6) is 0 Å². The minimum absolute atomic E-state index is 0.140. The monoisotopic (exact) mass is 175 g/mol. The zero-order valence-electron chi connectivity index (χ0n) is 7.76. The van der Waals surface area contributed by atoms with Gasteiger partial charge in [-0.05, 0) is 23.1 Å². The Bertz CT molecular complexity index is 344. The predicted molar refractivity (Wildman–Crippen MR) is 51.4 cm³/mol. The molecule has 0 saturated heterocycles. The van der Waals surface area contributed by atoms with E-state index in [1.165, 1.54) is 16.7 Å². The molecular weight excluding hydrogens is 162 g/mol. The van der Waals surface area contributed by atoms with E-state index in [4.69, 9.17) is 0 Å². The van der Waals surface area contributed by atoms with Crippen LogP contribution in [0.25, 0.3) is 0 Å². The van der Waals surface area contributed by atoms with Crippen molar-refractivity contribution >= 4 is 5.91 Å². The second kappa shape index (κ2) is 3.21. The number of benzene rings is 1. The number of nitrogens with one attached hydrogen (secondary N) is 1. The number of aryl methyl sites for hydroxylation is 1. The molecule has 1 N–H and O–H groups in total. The summed E-state index contributed by atoms with van der Waals surface area (Å²) < 4.78 is 0. The van der Waals surface area contributed by atoms with Crippen LogP contribution in [0.4, 0.5) is 0 Å². The molecule has 2 rings (SSSR count). The van der Waals surface area contributed by atoms with Crippen molar-refractivity contribution in [3.63, 3.8) is 0 Å². The molecule has 0 saturated carbocycles. The molecule has 1 aromatic rings. The fourth-order valence-electron chi connectivity index (χ4n) is 1.67. The molecule has 1 aromatic carbocycles. The lowest BCUT2D eigenvalue weighted by Crippen LogP contribution is -2.30. The van der Waals surface area contributed by atoms with E-state index in [9.17, 15) is 4.79 Å². The van der Waals surface area contributed by atoms with Crippen molar-refractivity contribution in [2.45, 2.75) is 26.3 Å². The van der Waals surface area contributed by atoms with E-state index in [1.54, 1.807) is 0 Å². The molecule has 0 spiro atoms. The van der Waals surface area contributed by atoms with Crippen LogP contribution < -0.4 is 5.32 Å². The number of carbonyl (C=O) groups excluding carboxylic acids is 1. The van der Waals surface area contributed by atoms with Gasteiger partial charge in [0.05, 0.1) is 6.42 Å². The number of carbonyl (C=O) groups is 1. The second-order valence-electron chi connectivity index (χ2n) is 3.41. The fourth-order valence-corrected chi connectivity index (χ4v) is 1.67. The normalized spacial score (nSPS) is 15.0. The number of hydrogen-bond donors (Lipinski definition) is 1. The quantitative estimate of drug-likeness (QED) is 0.687. The average Bonchev–Trinajstić information content (AvgIpc) is 2.16. The van der Waals surface area contributed by atoms with Crippen LogP contribution in [0, 0.1) is 0 Å². The molecule has 0 aromatic heterocycles. The van der Waals surface area contributed by atoms with Crippen LogP contribution in [0.2, 0.25) is 0 Å². The molecule has 0 aliphatic carbocycles. The molecule has 13 heavy (non-hydrogen) atoms. The van der Waals surface area contributed by atoms with E-state index in [0.29, 0.717) is 13.0 Å². The molecule has 2 nitrogen and oxygen atoms in total. The smallest absolute Gasteiger partial charge is 0.224 e. The fraction of sp³-hybridized carbons (Fsp3) is 0.364. The highest BCUT2D eigenvalue weighted by atomic mass is 16.1. The van der Waals surface area contributed by atoms with Gasteiger partial charge in [-0.3, -0.25) is 4.79 Å². The van der Waals surface area contributed by atoms with E-state index in [0.717, 1.165) is 6.42 Å². The molecule has 0 fully saturated rings. The zero-order valence-corrected chi connectivity index (χ0v) is 7.76. The van der Waals surface area contributed by atoms with E-state index >= 15 is 0 Å². The summed E-state index contributed by atoms with van der Waals surface area (Å²) in [5.41, 5.74) is 3.77. The standard InChI is InChI=1S/C11H13NO/c1-2-8-3-4-9-7-12-11(13)6-10(9)5-8/h3-5H,2,6-7H2,1H3,(H,12,13). The van der Waals surface area contributed by atoms with Gasteiger partial charge in [0.25, 0.3) is 0 Å². The molecule has 0 atom stereocenters. The number of amides is 1. The average molecular weight is 175 g/mol. The van der Waals surface area contributed by atoms with Gasteiger partial charge >= 0.3 is 0 Å². The molecule has 1 aliphatic heterocycles. The second-order valence-corrected chi connectivity index (χ2v) is 3.41. The lowest BCUT2D eigenvalue weighted by Gasteiger charge is -2.17. The van der Waals surface area contributed by atoms with Crippen LogP contribution in [0.15, 0.2) is 18.2 Å². The summed E-state index contributed by atoms with van der Waals surface area (Å²) in [7, 11) is 0. The van der Waals surface area contributed by atoms with Crippen LogP contribution in [0.3, 0.4) is 0 Å². The van der Waals surface area contributed by atoms with Gasteiger partial charge in [0, 0.05) is 6.54 Å². The van der Waals surface area contributed by atoms with Gasteiger partial charge in [0.2, 0.25) is 5.91 Å². The third kappa shape index (κ3) is 1.57. The Hall–Kier alpha value is -1.31. The summed E-state index contributed by atoms with van der Waals surface area (Å²) in [6.45, 7) is 2.82. The third-order valence-electron chi connectivity index (χ3n) is 2.51. The molecule has 2 heteroatoms. The Morgan fingerprint density at radius 3 is 3.00 bits per heavy atom. The Labute approximate surface area is 78.0 Å². The van der Waals surface area contributed by atoms with E-state index in [2.05, 4.69) is 30.4 Å². The molecular formula is C11H13NO. The molecule has 0 radical (unpaired) electrons. The van der Waals surface area contributed by atoms with Crippen LogP contribution in [0.1, 0.15) is 23.6 Å². The van der Waals surface area contributed by atoms with Gasteiger partial charge in [-0.2, -0.15) is 0 Å². The summed E-state index contributed by atoms with van der Waals surface area (Å²) in [6.07, 6.45) is 1.58. The summed E-state index contributed by atoms with van der Waals surface area (Å²) in [4.78, 5) is 11.1. The highest BCUT2D eigenvalue weighted by Crippen LogP contribution is 2.16. The van der Waals surface area contributed by atoms with Crippen LogP contribution in [-0.2, 0) is 24.2 Å². The Kier molecular flexibility index (Phi) is 2.05. The highest BCUT2D eigenvalue weighted by molar-refractivity contribution is 5.80. The summed E-state index contributed by atoms with van der Waals surface area (Å²) in [5.74, 6) is 0.140. The molecule has 1 aliphatic rings. The van der Waals surface area contributed by atoms with Crippen molar-refractivity contribution in [2.24, 2.45) is 0 Å². The highest BCUT2D eigenvalue weighted by Gasteiger charge is 2.13. The molecule has 68 valence electrons. The summed E-state index contributed by atoms with van der Waals surface area (Å²) >= 11 is 0. The Balaban J connectivity index is 2.38. The largest absolute Gasteiger partial charge is 0.352 e. The third-order valence-corrected chi connectivity index (χ3v) is 2.51. The first-order chi connectivity index (χ1) is 6.29. The minimum Gasteiger partial charge on any atom is -0.352 e. The lowest BCUT2D eigenvalue weighted by molar-refractivity contribution is -0.121. The first-order valence-electron chi connectivity index (χ1n) is 4.67. The van der Waals surface area contributed by atoms with Crippen molar-refractivity contribution in [3.8, 4) is 0 Å². The maximum atomic E-state index is 11.1. The first-order valence-corrected chi connectivity index (χ1v) is 4.67. The molecule has 1 heterocycles. The molecule has 0 unspecified atom stereocenters. The maximum Gasteiger partial charge on any atom is 0.224 e. The Morgan fingerprint density at radius 1 is 1.38 bits per heavy atom. The molecule has 1 amide bonds. The first kappa shape index (κ1) is 8.30. The van der Waals surface area contributed by atoms with Gasteiger partial charge in [-0.1, -0.05) is 25.1 Å². The van der Waals surface area contributed by atoms with Crippen molar-refractivity contribution in [2.75, 3.05) is 0 Å². The van der Waals surface area contributed by atoms with Gasteiger partial charge in [-0.15, -0.1) is 0 Å². The van der Waals surface area contributed by atoms with Crippen molar-refractivity contribution < 1.29 is 4.79 Å². The SMILES string of the molecule is CCc1ccc2c(c1)CC(=O)NC2. The summed E-state index contributed by atoms with van der Waals surface area (Å²) in [6, 6.07) is 6.40. The lowest BCUT2D eigenvalue weighted by atomic mass is 9.97. The van der Waals surface area contributed by atoms with Crippen molar-refractivity contribution in [1.82, 2.24) is 5.32 Å². The van der Waals surface area contributed by atoms with Crippen LogP contribution in [-0.4, -0.2) is 5.91 Å². The van der Waals surface area contributed by atoms with E-state index < -0.39 is 0 Å². The Morgan fingerprint density at radius 2 is 2.23 bits per heavy atom. The van der Waals surface area contributed by atoms with Crippen molar-refractivity contribution in [3.05, 3.63) is 34.9 Å². The minimum atomic E-state index is 0.140. The van der Waals surface area contributed by atoms with E-state index in [1.807, 2.05) is 0 Å². The predicted octanol–water partition coefficient (Wildman–Crippen LogP) is 1.42. The van der Waals surface area contributed by atoms with Gasteiger partial charge in [-0.25, -0.2) is 0 Å². The topological polar surface area (TPSA) is 29.1 Å². The summed E-state index contributed by atoms with van der Waals surface area (Å²) in [5, 5.41) is 2.84.